The fraction of sp³-hybridized carbons (Fsp3) is 0.120. The molecule has 150 valence electrons. The average molecular weight is 398 g/mol. The number of anilines is 1. The Labute approximate surface area is 175 Å². The van der Waals surface area contributed by atoms with Crippen LogP contribution in [0.25, 0.3) is 27.7 Å². The molecule has 0 aliphatic heterocycles. The third kappa shape index (κ3) is 4.10. The van der Waals surface area contributed by atoms with Gasteiger partial charge in [0.2, 0.25) is 5.91 Å². The number of furan rings is 1. The van der Waals surface area contributed by atoms with Crippen molar-refractivity contribution in [3.8, 4) is 16.9 Å². The third-order valence-corrected chi connectivity index (χ3v) is 4.76. The maximum atomic E-state index is 12.5. The molecule has 5 nitrogen and oxygen atoms in total. The van der Waals surface area contributed by atoms with E-state index in [1.807, 2.05) is 56.3 Å². The third-order valence-electron chi connectivity index (χ3n) is 4.76. The van der Waals surface area contributed by atoms with Crippen molar-refractivity contribution < 1.29 is 13.9 Å². The molecule has 2 aromatic carbocycles. The van der Waals surface area contributed by atoms with Crippen molar-refractivity contribution in [1.82, 2.24) is 4.98 Å². The van der Waals surface area contributed by atoms with Crippen molar-refractivity contribution in [2.45, 2.75) is 13.8 Å². The number of hydrogen-bond donors (Lipinski definition) is 1. The number of benzene rings is 2. The lowest BCUT2D eigenvalue weighted by molar-refractivity contribution is -0.111. The fourth-order valence-corrected chi connectivity index (χ4v) is 3.37. The van der Waals surface area contributed by atoms with E-state index in [0.29, 0.717) is 18.0 Å². The van der Waals surface area contributed by atoms with Crippen LogP contribution in [0.2, 0.25) is 0 Å². The predicted molar refractivity (Wildman–Crippen MR) is 119 cm³/mol. The highest BCUT2D eigenvalue weighted by atomic mass is 16.5. The van der Waals surface area contributed by atoms with Crippen LogP contribution in [0.15, 0.2) is 83.7 Å². The first-order valence-electron chi connectivity index (χ1n) is 9.79. The monoisotopic (exact) mass is 398 g/mol. The molecule has 5 heteroatoms. The van der Waals surface area contributed by atoms with E-state index in [9.17, 15) is 4.79 Å². The molecule has 0 fully saturated rings. The number of hydrogen-bond acceptors (Lipinski definition) is 4. The van der Waals surface area contributed by atoms with Crippen LogP contribution in [0.5, 0.6) is 5.75 Å². The van der Waals surface area contributed by atoms with Gasteiger partial charge in [-0.3, -0.25) is 9.78 Å². The lowest BCUT2D eigenvalue weighted by Gasteiger charge is -2.12. The van der Waals surface area contributed by atoms with Gasteiger partial charge in [0.15, 0.2) is 0 Å². The van der Waals surface area contributed by atoms with Crippen molar-refractivity contribution in [3.63, 3.8) is 0 Å². The van der Waals surface area contributed by atoms with Gasteiger partial charge in [-0.1, -0.05) is 30.3 Å². The molecule has 0 radical (unpaired) electrons. The number of carbonyl (C=O) groups is 1. The molecule has 0 bridgehead atoms. The van der Waals surface area contributed by atoms with Gasteiger partial charge in [-0.25, -0.2) is 0 Å². The van der Waals surface area contributed by atoms with Crippen molar-refractivity contribution in [2.75, 3.05) is 11.9 Å². The summed E-state index contributed by atoms with van der Waals surface area (Å²) in [5.74, 6) is 0.459. The van der Waals surface area contributed by atoms with Crippen molar-refractivity contribution >= 4 is 28.1 Å². The molecule has 1 amide bonds. The van der Waals surface area contributed by atoms with Crippen LogP contribution in [-0.4, -0.2) is 17.5 Å². The summed E-state index contributed by atoms with van der Waals surface area (Å²) in [5.41, 5.74) is 5.11. The van der Waals surface area contributed by atoms with E-state index in [1.165, 1.54) is 0 Å². The van der Waals surface area contributed by atoms with E-state index >= 15 is 0 Å². The summed E-state index contributed by atoms with van der Waals surface area (Å²) in [7, 11) is 0. The van der Waals surface area contributed by atoms with Crippen LogP contribution in [0.4, 0.5) is 5.69 Å². The summed E-state index contributed by atoms with van der Waals surface area (Å²) in [6.45, 7) is 4.34. The van der Waals surface area contributed by atoms with E-state index in [0.717, 1.165) is 33.2 Å². The highest BCUT2D eigenvalue weighted by Gasteiger charge is 2.15. The molecule has 0 aliphatic rings. The first-order valence-corrected chi connectivity index (χ1v) is 9.79. The number of aromatic nitrogens is 1. The van der Waals surface area contributed by atoms with Gasteiger partial charge in [-0.2, -0.15) is 0 Å². The largest absolute Gasteiger partial charge is 0.493 e. The smallest absolute Gasteiger partial charge is 0.248 e. The number of carbonyl (C=O) groups excluding carboxylic acids is 1. The zero-order chi connectivity index (χ0) is 20.9. The van der Waals surface area contributed by atoms with Crippen LogP contribution in [0, 0.1) is 0 Å². The zero-order valence-electron chi connectivity index (χ0n) is 16.9. The van der Waals surface area contributed by atoms with E-state index < -0.39 is 0 Å². The van der Waals surface area contributed by atoms with Gasteiger partial charge in [-0.05, 0) is 43.2 Å². The topological polar surface area (TPSA) is 64.4 Å². The highest BCUT2D eigenvalue weighted by Crippen LogP contribution is 2.37. The minimum absolute atomic E-state index is 0.224. The van der Waals surface area contributed by atoms with Crippen LogP contribution in [0.3, 0.4) is 0 Å². The van der Waals surface area contributed by atoms with Gasteiger partial charge in [0, 0.05) is 34.9 Å². The summed E-state index contributed by atoms with van der Waals surface area (Å²) < 4.78 is 11.6. The molecule has 4 aromatic rings. The Kier molecular flexibility index (Phi) is 5.61. The molecule has 0 unspecified atom stereocenters. The summed E-state index contributed by atoms with van der Waals surface area (Å²) in [6, 6.07) is 17.6. The molecule has 2 aromatic heterocycles. The van der Waals surface area contributed by atoms with Crippen LogP contribution in [0.1, 0.15) is 19.4 Å². The maximum absolute atomic E-state index is 12.5. The summed E-state index contributed by atoms with van der Waals surface area (Å²) in [4.78, 5) is 16.5. The molecule has 1 N–H and O–H groups in total. The second-order valence-electron chi connectivity index (χ2n) is 6.85. The zero-order valence-corrected chi connectivity index (χ0v) is 16.9. The van der Waals surface area contributed by atoms with Gasteiger partial charge >= 0.3 is 0 Å². The number of amides is 1. The predicted octanol–water partition coefficient (Wildman–Crippen LogP) is 5.94. The lowest BCUT2D eigenvalue weighted by Crippen LogP contribution is -2.08. The average Bonchev–Trinajstić information content (AvgIpc) is 3.17. The maximum Gasteiger partial charge on any atom is 0.248 e. The van der Waals surface area contributed by atoms with Crippen molar-refractivity contribution in [2.24, 2.45) is 0 Å². The molecule has 0 aliphatic carbocycles. The van der Waals surface area contributed by atoms with Gasteiger partial charge in [-0.15, -0.1) is 0 Å². The van der Waals surface area contributed by atoms with E-state index in [-0.39, 0.29) is 5.91 Å². The Morgan fingerprint density at radius 1 is 1.17 bits per heavy atom. The van der Waals surface area contributed by atoms with E-state index in [2.05, 4.69) is 10.3 Å². The number of ether oxygens (including phenoxy) is 1. The normalized spacial score (nSPS) is 11.5. The second kappa shape index (κ2) is 8.66. The Hall–Kier alpha value is -3.86. The highest BCUT2D eigenvalue weighted by molar-refractivity contribution is 6.05. The van der Waals surface area contributed by atoms with E-state index in [4.69, 9.17) is 9.15 Å². The first kappa shape index (κ1) is 19.5. The van der Waals surface area contributed by atoms with Crippen molar-refractivity contribution in [3.05, 3.63) is 84.9 Å². The molecular formula is C25H22N2O3. The standard InChI is InChI=1S/C25H22N2O3/c1-3-29-23-14-24-21(22(16-30-24)18-8-5-4-6-9-18)13-20(23)17(2)12-25(28)27-19-10-7-11-26-15-19/h4-16H,3H2,1-2H3,(H,27,28)/b17-12+. The second-order valence-corrected chi connectivity index (χ2v) is 6.85. The Bertz CT molecular complexity index is 1200. The molecule has 2 heterocycles. The summed E-state index contributed by atoms with van der Waals surface area (Å²) >= 11 is 0. The quantitative estimate of drug-likeness (QED) is 0.409. The minimum atomic E-state index is -0.224. The van der Waals surface area contributed by atoms with Crippen LogP contribution >= 0.6 is 0 Å². The fourth-order valence-electron chi connectivity index (χ4n) is 3.37. The minimum Gasteiger partial charge on any atom is -0.493 e. The van der Waals surface area contributed by atoms with Crippen LogP contribution in [-0.2, 0) is 4.79 Å². The molecule has 0 atom stereocenters. The SMILES string of the molecule is CCOc1cc2occ(-c3ccccc3)c2cc1/C(C)=C/C(=O)Nc1cccnc1. The number of nitrogens with zero attached hydrogens (tertiary/aromatic N) is 1. The van der Waals surface area contributed by atoms with Gasteiger partial charge in [0.25, 0.3) is 0 Å². The molecule has 30 heavy (non-hydrogen) atoms. The molecule has 4 rings (SSSR count). The number of allylic oxidation sites excluding steroid dienone is 1. The molecule has 0 saturated carbocycles. The van der Waals surface area contributed by atoms with Gasteiger partial charge < -0.3 is 14.5 Å². The Morgan fingerprint density at radius 3 is 2.73 bits per heavy atom. The molecular weight excluding hydrogens is 376 g/mol. The Morgan fingerprint density at radius 2 is 2.00 bits per heavy atom. The van der Waals surface area contributed by atoms with Gasteiger partial charge in [0.1, 0.15) is 11.3 Å². The van der Waals surface area contributed by atoms with Crippen LogP contribution < -0.4 is 10.1 Å². The number of fused-ring (bicyclic) bond motifs is 1. The number of nitrogens with one attached hydrogen (secondary N) is 1. The summed E-state index contributed by atoms with van der Waals surface area (Å²) in [6.07, 6.45) is 6.60. The van der Waals surface area contributed by atoms with E-state index in [1.54, 1.807) is 36.9 Å². The Balaban J connectivity index is 1.74. The first-order chi connectivity index (χ1) is 14.7. The number of rotatable bonds is 6. The van der Waals surface area contributed by atoms with Crippen molar-refractivity contribution in [1.29, 1.82) is 0 Å². The number of pyridine rings is 1. The lowest BCUT2D eigenvalue weighted by atomic mass is 9.99. The molecule has 0 spiro atoms. The van der Waals surface area contributed by atoms with Gasteiger partial charge in [0.05, 0.1) is 24.8 Å². The molecule has 0 saturated heterocycles. The summed E-state index contributed by atoms with van der Waals surface area (Å²) in [5, 5.41) is 3.80.